The van der Waals surface area contributed by atoms with Gasteiger partial charge in [-0.3, -0.25) is 4.79 Å². The Bertz CT molecular complexity index is 626. The number of carbonyl (C=O) groups excluding carboxylic acids is 1. The van der Waals surface area contributed by atoms with Gasteiger partial charge in [0.05, 0.1) is 5.69 Å². The summed E-state index contributed by atoms with van der Waals surface area (Å²) in [6.45, 7) is 1.24. The van der Waals surface area contributed by atoms with Crippen molar-refractivity contribution in [2.75, 3.05) is 11.1 Å². The van der Waals surface area contributed by atoms with Gasteiger partial charge in [0.25, 0.3) is 0 Å². The quantitative estimate of drug-likeness (QED) is 0.871. The number of hydrogen-bond acceptors (Lipinski definition) is 4. The summed E-state index contributed by atoms with van der Waals surface area (Å²) in [5.74, 6) is -1.83. The van der Waals surface area contributed by atoms with E-state index in [0.717, 1.165) is 12.1 Å². The number of nitrogen functional groups attached to an aromatic ring is 1. The molecule has 0 saturated heterocycles. The zero-order chi connectivity index (χ0) is 14.0. The van der Waals surface area contributed by atoms with E-state index in [1.807, 2.05) is 0 Å². The van der Waals surface area contributed by atoms with Crippen molar-refractivity contribution in [3.05, 3.63) is 35.7 Å². The Labute approximate surface area is 107 Å². The summed E-state index contributed by atoms with van der Waals surface area (Å²) >= 11 is 0. The minimum Gasteiger partial charge on any atom is -0.367 e. The molecule has 0 bridgehead atoms. The van der Waals surface area contributed by atoms with Crippen LogP contribution >= 0.6 is 0 Å². The molecule has 0 aliphatic heterocycles. The smallest absolute Gasteiger partial charge is 0.246 e. The molecule has 1 heterocycles. The summed E-state index contributed by atoms with van der Waals surface area (Å²) < 4.78 is 28.0. The molecular weight excluding hydrogens is 256 g/mol. The van der Waals surface area contributed by atoms with Crippen LogP contribution < -0.4 is 11.1 Å². The second-order valence-corrected chi connectivity index (χ2v) is 3.93. The summed E-state index contributed by atoms with van der Waals surface area (Å²) in [6, 6.07) is 1.94. The standard InChI is InChI=1S/C11H11F2N5O/c1-6-2-8(13)9(3-7(6)12)16-10(19)4-18-5-15-11(14)17-18/h2-3,5H,4H2,1H3,(H2,14,17)(H,16,19). The maximum Gasteiger partial charge on any atom is 0.246 e. The minimum atomic E-state index is -0.703. The lowest BCUT2D eigenvalue weighted by molar-refractivity contribution is -0.116. The molecule has 0 saturated carbocycles. The lowest BCUT2D eigenvalue weighted by Crippen LogP contribution is -2.20. The Morgan fingerprint density at radius 3 is 2.79 bits per heavy atom. The summed E-state index contributed by atoms with van der Waals surface area (Å²) in [5, 5.41) is 5.95. The van der Waals surface area contributed by atoms with Crippen LogP contribution in [0.15, 0.2) is 18.5 Å². The number of amides is 1. The molecule has 1 aromatic heterocycles. The highest BCUT2D eigenvalue weighted by Gasteiger charge is 2.11. The van der Waals surface area contributed by atoms with Gasteiger partial charge in [-0.05, 0) is 18.6 Å². The molecule has 6 nitrogen and oxygen atoms in total. The summed E-state index contributed by atoms with van der Waals surface area (Å²) in [7, 11) is 0. The maximum atomic E-state index is 13.5. The van der Waals surface area contributed by atoms with Crippen molar-refractivity contribution in [2.45, 2.75) is 13.5 Å². The molecule has 0 unspecified atom stereocenters. The molecule has 100 valence electrons. The van der Waals surface area contributed by atoms with Gasteiger partial charge in [0.15, 0.2) is 0 Å². The number of anilines is 2. The van der Waals surface area contributed by atoms with Gasteiger partial charge in [-0.2, -0.15) is 0 Å². The van der Waals surface area contributed by atoms with Crippen LogP contribution in [0.3, 0.4) is 0 Å². The molecule has 1 amide bonds. The van der Waals surface area contributed by atoms with E-state index in [-0.39, 0.29) is 23.7 Å². The average Bonchev–Trinajstić information content (AvgIpc) is 2.71. The Morgan fingerprint density at radius 1 is 1.42 bits per heavy atom. The first-order chi connectivity index (χ1) is 8.95. The molecule has 0 aliphatic carbocycles. The molecule has 3 N–H and O–H groups in total. The maximum absolute atomic E-state index is 13.5. The van der Waals surface area contributed by atoms with E-state index in [1.54, 1.807) is 0 Å². The first-order valence-corrected chi connectivity index (χ1v) is 5.36. The van der Waals surface area contributed by atoms with Crippen molar-refractivity contribution >= 4 is 17.5 Å². The molecule has 0 atom stereocenters. The van der Waals surface area contributed by atoms with Crippen molar-refractivity contribution in [3.8, 4) is 0 Å². The van der Waals surface area contributed by atoms with Gasteiger partial charge >= 0.3 is 0 Å². The third kappa shape index (κ3) is 3.03. The second kappa shape index (κ2) is 5.01. The summed E-state index contributed by atoms with van der Waals surface area (Å²) in [4.78, 5) is 15.2. The molecule has 2 aromatic rings. The molecule has 19 heavy (non-hydrogen) atoms. The van der Waals surface area contributed by atoms with Crippen molar-refractivity contribution in [2.24, 2.45) is 0 Å². The Morgan fingerprint density at radius 2 is 2.16 bits per heavy atom. The van der Waals surface area contributed by atoms with E-state index in [4.69, 9.17) is 5.73 Å². The van der Waals surface area contributed by atoms with Crippen molar-refractivity contribution in [1.29, 1.82) is 0 Å². The first kappa shape index (κ1) is 12.9. The number of rotatable bonds is 3. The van der Waals surface area contributed by atoms with E-state index in [1.165, 1.54) is 17.9 Å². The molecule has 0 spiro atoms. The van der Waals surface area contributed by atoms with Gasteiger partial charge in [-0.15, -0.1) is 5.10 Å². The van der Waals surface area contributed by atoms with Crippen LogP contribution in [0.25, 0.3) is 0 Å². The molecular formula is C11H11F2N5O. The lowest BCUT2D eigenvalue weighted by Gasteiger charge is -2.07. The molecule has 8 heteroatoms. The van der Waals surface area contributed by atoms with E-state index in [0.29, 0.717) is 0 Å². The van der Waals surface area contributed by atoms with E-state index < -0.39 is 17.5 Å². The number of carbonyl (C=O) groups is 1. The first-order valence-electron chi connectivity index (χ1n) is 5.36. The van der Waals surface area contributed by atoms with Crippen LogP contribution in [0.1, 0.15) is 5.56 Å². The number of hydrogen-bond donors (Lipinski definition) is 2. The third-order valence-corrected chi connectivity index (χ3v) is 2.38. The number of halogens is 2. The van der Waals surface area contributed by atoms with Crippen LogP contribution in [0.5, 0.6) is 0 Å². The predicted molar refractivity (Wildman–Crippen MR) is 64.2 cm³/mol. The highest BCUT2D eigenvalue weighted by atomic mass is 19.1. The van der Waals surface area contributed by atoms with Gasteiger partial charge in [0.1, 0.15) is 24.5 Å². The number of aryl methyl sites for hydroxylation is 1. The molecule has 2 rings (SSSR count). The Kier molecular flexibility index (Phi) is 3.41. The normalized spacial score (nSPS) is 10.5. The number of nitrogens with two attached hydrogens (primary N) is 1. The SMILES string of the molecule is Cc1cc(F)c(NC(=O)Cn2cnc(N)n2)cc1F. The van der Waals surface area contributed by atoms with Crippen LogP contribution in [0, 0.1) is 18.6 Å². The van der Waals surface area contributed by atoms with Crippen molar-refractivity contribution in [1.82, 2.24) is 14.8 Å². The minimum absolute atomic E-state index is 0.0281. The number of nitrogens with one attached hydrogen (secondary N) is 1. The number of nitrogens with zero attached hydrogens (tertiary/aromatic N) is 3. The van der Waals surface area contributed by atoms with Gasteiger partial charge < -0.3 is 11.1 Å². The Hall–Kier alpha value is -2.51. The fourth-order valence-corrected chi connectivity index (χ4v) is 1.46. The van der Waals surface area contributed by atoms with Crippen molar-refractivity contribution < 1.29 is 13.6 Å². The monoisotopic (exact) mass is 267 g/mol. The van der Waals surface area contributed by atoms with E-state index >= 15 is 0 Å². The van der Waals surface area contributed by atoms with E-state index in [9.17, 15) is 13.6 Å². The fraction of sp³-hybridized carbons (Fsp3) is 0.182. The lowest BCUT2D eigenvalue weighted by atomic mass is 10.2. The van der Waals surface area contributed by atoms with Crippen molar-refractivity contribution in [3.63, 3.8) is 0 Å². The number of aromatic nitrogens is 3. The van der Waals surface area contributed by atoms with Gasteiger partial charge in [-0.25, -0.2) is 18.4 Å². The second-order valence-electron chi connectivity index (χ2n) is 3.93. The zero-order valence-electron chi connectivity index (χ0n) is 10.0. The number of benzene rings is 1. The summed E-state index contributed by atoms with van der Waals surface area (Å²) in [5.41, 5.74) is 5.23. The predicted octanol–water partition coefficient (Wildman–Crippen LogP) is 1.09. The van der Waals surface area contributed by atoms with Gasteiger partial charge in [-0.1, -0.05) is 0 Å². The fourth-order valence-electron chi connectivity index (χ4n) is 1.46. The highest BCUT2D eigenvalue weighted by Crippen LogP contribution is 2.18. The molecule has 1 aromatic carbocycles. The van der Waals surface area contributed by atoms with Crippen LogP contribution in [-0.2, 0) is 11.3 Å². The van der Waals surface area contributed by atoms with E-state index in [2.05, 4.69) is 15.4 Å². The molecule has 0 fully saturated rings. The highest BCUT2D eigenvalue weighted by molar-refractivity contribution is 5.90. The summed E-state index contributed by atoms with van der Waals surface area (Å²) in [6.07, 6.45) is 1.26. The third-order valence-electron chi connectivity index (χ3n) is 2.38. The molecule has 0 aliphatic rings. The zero-order valence-corrected chi connectivity index (χ0v) is 10.0. The topological polar surface area (TPSA) is 85.8 Å². The van der Waals surface area contributed by atoms with Gasteiger partial charge in [0.2, 0.25) is 11.9 Å². The molecule has 0 radical (unpaired) electrons. The van der Waals surface area contributed by atoms with Gasteiger partial charge in [0, 0.05) is 6.07 Å². The van der Waals surface area contributed by atoms with Crippen LogP contribution in [-0.4, -0.2) is 20.7 Å². The van der Waals surface area contributed by atoms with Crippen LogP contribution in [0.4, 0.5) is 20.4 Å². The largest absolute Gasteiger partial charge is 0.367 e. The Balaban J connectivity index is 2.09. The average molecular weight is 267 g/mol. The van der Waals surface area contributed by atoms with Crippen LogP contribution in [0.2, 0.25) is 0 Å².